The molecule has 2 aromatic carbocycles. The van der Waals surface area contributed by atoms with Crippen molar-refractivity contribution in [2.75, 3.05) is 39.4 Å². The molecule has 0 unspecified atom stereocenters. The lowest BCUT2D eigenvalue weighted by molar-refractivity contribution is -0.140. The predicted octanol–water partition coefficient (Wildman–Crippen LogP) is 4.37. The van der Waals surface area contributed by atoms with Crippen LogP contribution in [0, 0.1) is 0 Å². The second-order valence-electron chi connectivity index (χ2n) is 8.28. The van der Waals surface area contributed by atoms with Crippen molar-refractivity contribution in [3.8, 4) is 11.5 Å². The molecule has 1 fully saturated rings. The molecule has 7 nitrogen and oxygen atoms in total. The smallest absolute Gasteiger partial charge is 0.295 e. The molecule has 1 N–H and O–H groups in total. The lowest BCUT2D eigenvalue weighted by atomic mass is 9.95. The standard InChI is InChI=1S/C26H29BrN2O5/c1-3-28(4-2)12-5-13-29-23(17-6-9-19(27)10-7-17)22(25(31)26(29)32)24(30)18-8-11-20-21(16-18)34-15-14-33-20/h6-11,16,23,30H,3-5,12-15H2,1-2H3/b24-22+/t23-/m1/s1. The number of hydrogen-bond donors (Lipinski definition) is 1. The first-order chi connectivity index (χ1) is 16.4. The highest BCUT2D eigenvalue weighted by atomic mass is 79.9. The normalized spacial score (nSPS) is 19.2. The Morgan fingerprint density at radius 2 is 1.74 bits per heavy atom. The zero-order valence-electron chi connectivity index (χ0n) is 19.4. The summed E-state index contributed by atoms with van der Waals surface area (Å²) in [6.07, 6.45) is 0.728. The van der Waals surface area contributed by atoms with Gasteiger partial charge in [0.05, 0.1) is 11.6 Å². The van der Waals surface area contributed by atoms with Crippen LogP contribution in [0.2, 0.25) is 0 Å². The molecule has 2 heterocycles. The third-order valence-electron chi connectivity index (χ3n) is 6.31. The number of ketones is 1. The fourth-order valence-electron chi connectivity index (χ4n) is 4.45. The number of fused-ring (bicyclic) bond motifs is 1. The molecule has 0 aromatic heterocycles. The third kappa shape index (κ3) is 4.83. The molecule has 1 amide bonds. The summed E-state index contributed by atoms with van der Waals surface area (Å²) >= 11 is 3.44. The van der Waals surface area contributed by atoms with Crippen molar-refractivity contribution in [2.24, 2.45) is 0 Å². The van der Waals surface area contributed by atoms with Crippen molar-refractivity contribution in [1.82, 2.24) is 9.80 Å². The summed E-state index contributed by atoms with van der Waals surface area (Å²) in [6, 6.07) is 11.8. The number of ether oxygens (including phenoxy) is 2. The molecule has 1 saturated heterocycles. The maximum Gasteiger partial charge on any atom is 0.295 e. The van der Waals surface area contributed by atoms with Crippen molar-refractivity contribution in [3.63, 3.8) is 0 Å². The van der Waals surface area contributed by atoms with Gasteiger partial charge in [0.2, 0.25) is 0 Å². The summed E-state index contributed by atoms with van der Waals surface area (Å²) in [5, 5.41) is 11.3. The van der Waals surface area contributed by atoms with Crippen LogP contribution in [0.5, 0.6) is 11.5 Å². The van der Waals surface area contributed by atoms with Crippen LogP contribution in [0.15, 0.2) is 52.5 Å². The average molecular weight is 529 g/mol. The van der Waals surface area contributed by atoms with Gasteiger partial charge in [0, 0.05) is 16.6 Å². The molecule has 4 rings (SSSR count). The van der Waals surface area contributed by atoms with Gasteiger partial charge in [-0.2, -0.15) is 0 Å². The maximum absolute atomic E-state index is 13.2. The number of Topliss-reactive ketones (excluding diaryl/α,β-unsaturated/α-hetero) is 1. The lowest BCUT2D eigenvalue weighted by Crippen LogP contribution is -2.33. The first-order valence-corrected chi connectivity index (χ1v) is 12.4. The number of likely N-dealkylation sites (tertiary alicyclic amines) is 1. The highest BCUT2D eigenvalue weighted by molar-refractivity contribution is 9.10. The number of carbonyl (C=O) groups is 2. The first kappa shape index (κ1) is 24.3. The van der Waals surface area contributed by atoms with Crippen LogP contribution in [0.4, 0.5) is 0 Å². The van der Waals surface area contributed by atoms with Gasteiger partial charge in [-0.1, -0.05) is 41.9 Å². The molecule has 180 valence electrons. The molecule has 1 atom stereocenters. The molecule has 2 aromatic rings. The van der Waals surface area contributed by atoms with Crippen molar-refractivity contribution in [2.45, 2.75) is 26.3 Å². The summed E-state index contributed by atoms with van der Waals surface area (Å²) in [6.45, 7) is 8.17. The fraction of sp³-hybridized carbons (Fsp3) is 0.385. The fourth-order valence-corrected chi connectivity index (χ4v) is 4.72. The molecule has 8 heteroatoms. The Morgan fingerprint density at radius 3 is 2.41 bits per heavy atom. The van der Waals surface area contributed by atoms with Crippen LogP contribution in [0.1, 0.15) is 37.4 Å². The first-order valence-electron chi connectivity index (χ1n) is 11.6. The average Bonchev–Trinajstić information content (AvgIpc) is 3.11. The number of halogens is 1. The summed E-state index contributed by atoms with van der Waals surface area (Å²) in [4.78, 5) is 30.2. The predicted molar refractivity (Wildman–Crippen MR) is 133 cm³/mol. The van der Waals surface area contributed by atoms with Crippen LogP contribution in [0.3, 0.4) is 0 Å². The molecule has 2 aliphatic heterocycles. The van der Waals surface area contributed by atoms with Crippen LogP contribution in [-0.2, 0) is 9.59 Å². The van der Waals surface area contributed by atoms with Crippen molar-refractivity contribution in [1.29, 1.82) is 0 Å². The Morgan fingerprint density at radius 1 is 1.06 bits per heavy atom. The minimum atomic E-state index is -0.678. The Bertz CT molecular complexity index is 1090. The molecule has 0 saturated carbocycles. The molecule has 2 aliphatic rings. The van der Waals surface area contributed by atoms with Crippen molar-refractivity contribution in [3.05, 3.63) is 63.6 Å². The van der Waals surface area contributed by atoms with Gasteiger partial charge in [0.1, 0.15) is 19.0 Å². The van der Waals surface area contributed by atoms with Crippen LogP contribution in [0.25, 0.3) is 5.76 Å². The number of carbonyl (C=O) groups excluding carboxylic acids is 2. The molecule has 0 radical (unpaired) electrons. The van der Waals surface area contributed by atoms with E-state index in [9.17, 15) is 14.7 Å². The monoisotopic (exact) mass is 528 g/mol. The molecular formula is C26H29BrN2O5. The van der Waals surface area contributed by atoms with E-state index in [0.717, 1.165) is 36.1 Å². The summed E-state index contributed by atoms with van der Waals surface area (Å²) in [5.74, 6) is -0.391. The molecule has 0 aliphatic carbocycles. The van der Waals surface area contributed by atoms with E-state index in [1.807, 2.05) is 24.3 Å². The van der Waals surface area contributed by atoms with Gasteiger partial charge >= 0.3 is 0 Å². The minimum absolute atomic E-state index is 0.0897. The number of amides is 1. The maximum atomic E-state index is 13.2. The zero-order chi connectivity index (χ0) is 24.2. The van der Waals surface area contributed by atoms with Crippen LogP contribution in [-0.4, -0.2) is 66.0 Å². The lowest BCUT2D eigenvalue weighted by Gasteiger charge is -2.27. The van der Waals surface area contributed by atoms with E-state index >= 15 is 0 Å². The van der Waals surface area contributed by atoms with E-state index in [1.54, 1.807) is 23.1 Å². The van der Waals surface area contributed by atoms with Crippen molar-refractivity contribution >= 4 is 33.4 Å². The van der Waals surface area contributed by atoms with Gasteiger partial charge in [-0.15, -0.1) is 0 Å². The SMILES string of the molecule is CCN(CC)CCCN1C(=O)C(=O)/C(=C(/O)c2ccc3c(c2)OCCO3)[C@H]1c1ccc(Br)cc1. The van der Waals surface area contributed by atoms with Crippen LogP contribution < -0.4 is 9.47 Å². The number of nitrogens with zero attached hydrogens (tertiary/aromatic N) is 2. The molecule has 34 heavy (non-hydrogen) atoms. The Balaban J connectivity index is 1.72. The van der Waals surface area contributed by atoms with E-state index in [1.165, 1.54) is 0 Å². The summed E-state index contributed by atoms with van der Waals surface area (Å²) in [7, 11) is 0. The van der Waals surface area contributed by atoms with Gasteiger partial charge in [-0.05, 0) is 62.0 Å². The van der Waals surface area contributed by atoms with E-state index in [4.69, 9.17) is 9.47 Å². The molecular weight excluding hydrogens is 500 g/mol. The Kier molecular flexibility index (Phi) is 7.58. The second-order valence-corrected chi connectivity index (χ2v) is 9.20. The van der Waals surface area contributed by atoms with E-state index in [2.05, 4.69) is 34.7 Å². The van der Waals surface area contributed by atoms with E-state index in [-0.39, 0.29) is 11.3 Å². The topological polar surface area (TPSA) is 79.3 Å². The third-order valence-corrected chi connectivity index (χ3v) is 6.84. The number of hydrogen-bond acceptors (Lipinski definition) is 6. The van der Waals surface area contributed by atoms with Crippen molar-refractivity contribution < 1.29 is 24.2 Å². The Hall–Kier alpha value is -2.84. The van der Waals surface area contributed by atoms with Crippen LogP contribution >= 0.6 is 15.9 Å². The van der Waals surface area contributed by atoms with Gasteiger partial charge in [0.15, 0.2) is 11.5 Å². The number of aliphatic hydroxyl groups is 1. The van der Waals surface area contributed by atoms with Gasteiger partial charge in [-0.3, -0.25) is 9.59 Å². The minimum Gasteiger partial charge on any atom is -0.507 e. The molecule has 0 spiro atoms. The highest BCUT2D eigenvalue weighted by Gasteiger charge is 2.45. The quantitative estimate of drug-likeness (QED) is 0.311. The Labute approximate surface area is 208 Å². The number of benzene rings is 2. The van der Waals surface area contributed by atoms with Gasteiger partial charge in [-0.25, -0.2) is 0 Å². The molecule has 0 bridgehead atoms. The van der Waals surface area contributed by atoms with Gasteiger partial charge in [0.25, 0.3) is 11.7 Å². The number of aliphatic hydroxyl groups excluding tert-OH is 1. The van der Waals surface area contributed by atoms with Gasteiger partial charge < -0.3 is 24.4 Å². The zero-order valence-corrected chi connectivity index (χ0v) is 21.0. The number of rotatable bonds is 8. The van der Waals surface area contributed by atoms with E-state index in [0.29, 0.717) is 36.8 Å². The second kappa shape index (κ2) is 10.6. The van der Waals surface area contributed by atoms with E-state index < -0.39 is 17.7 Å². The summed E-state index contributed by atoms with van der Waals surface area (Å²) < 4.78 is 12.1. The largest absolute Gasteiger partial charge is 0.507 e. The summed E-state index contributed by atoms with van der Waals surface area (Å²) in [5.41, 5.74) is 1.27. The highest BCUT2D eigenvalue weighted by Crippen LogP contribution is 2.41.